The summed E-state index contributed by atoms with van der Waals surface area (Å²) in [5.74, 6) is -4.03. The van der Waals surface area contributed by atoms with Crippen LogP contribution in [-0.4, -0.2) is 9.97 Å². The molecule has 0 atom stereocenters. The van der Waals surface area contributed by atoms with E-state index in [0.29, 0.717) is 0 Å². The first-order valence-corrected chi connectivity index (χ1v) is 10.1. The van der Waals surface area contributed by atoms with Crippen molar-refractivity contribution in [2.45, 2.75) is 0 Å². The van der Waals surface area contributed by atoms with Gasteiger partial charge in [0.15, 0.2) is 0 Å². The van der Waals surface area contributed by atoms with Crippen LogP contribution in [0.25, 0.3) is 33.6 Å². The molecular formula is C28H17F3IrN2-2. The molecule has 0 N–H and O–H groups in total. The van der Waals surface area contributed by atoms with Gasteiger partial charge in [-0.05, 0) is 34.6 Å². The molecule has 0 saturated carbocycles. The van der Waals surface area contributed by atoms with Gasteiger partial charge < -0.3 is 9.97 Å². The van der Waals surface area contributed by atoms with E-state index < -0.39 is 17.5 Å². The maximum atomic E-state index is 13.3. The van der Waals surface area contributed by atoms with E-state index in [2.05, 4.69) is 40.3 Å². The Hall–Kier alpha value is -3.60. The molecule has 3 aromatic carbocycles. The Morgan fingerprint density at radius 1 is 0.618 bits per heavy atom. The fourth-order valence-corrected chi connectivity index (χ4v) is 3.11. The molecule has 0 aliphatic rings. The average Bonchev–Trinajstić information content (AvgIpc) is 2.89. The van der Waals surface area contributed by atoms with E-state index in [1.165, 1.54) is 23.4 Å². The summed E-state index contributed by atoms with van der Waals surface area (Å²) in [6, 6.07) is 33.4. The second-order valence-electron chi connectivity index (χ2n) is 6.93. The predicted molar refractivity (Wildman–Crippen MR) is 122 cm³/mol. The van der Waals surface area contributed by atoms with Gasteiger partial charge in [0.05, 0.1) is 11.6 Å². The van der Waals surface area contributed by atoms with Crippen LogP contribution in [0.1, 0.15) is 0 Å². The van der Waals surface area contributed by atoms with Gasteiger partial charge in [-0.25, -0.2) is 4.39 Å². The van der Waals surface area contributed by atoms with E-state index >= 15 is 0 Å². The molecule has 0 amide bonds. The fraction of sp³-hybridized carbons (Fsp3) is 0. The van der Waals surface area contributed by atoms with Gasteiger partial charge in [0.2, 0.25) is 0 Å². The van der Waals surface area contributed by atoms with Crippen molar-refractivity contribution in [1.29, 1.82) is 0 Å². The van der Waals surface area contributed by atoms with E-state index in [9.17, 15) is 13.2 Å². The molecule has 0 fully saturated rings. The molecule has 171 valence electrons. The predicted octanol–water partition coefficient (Wildman–Crippen LogP) is 7.18. The first-order valence-electron chi connectivity index (χ1n) is 10.1. The third kappa shape index (κ3) is 6.04. The first-order chi connectivity index (χ1) is 16.1. The van der Waals surface area contributed by atoms with Crippen molar-refractivity contribution in [3.8, 4) is 33.6 Å². The molecule has 0 bridgehead atoms. The number of hydrogen-bond acceptors (Lipinski definition) is 2. The molecule has 2 aromatic heterocycles. The molecule has 5 rings (SSSR count). The van der Waals surface area contributed by atoms with Crippen molar-refractivity contribution in [2.24, 2.45) is 0 Å². The number of nitrogens with zero attached hydrogens (tertiary/aromatic N) is 2. The minimum Gasteiger partial charge on any atom is -0.305 e. The third-order valence-electron chi connectivity index (χ3n) is 4.74. The van der Waals surface area contributed by atoms with Crippen LogP contribution in [0.5, 0.6) is 0 Å². The molecule has 5 aromatic rings. The van der Waals surface area contributed by atoms with Crippen LogP contribution in [0, 0.1) is 29.6 Å². The molecule has 0 aliphatic carbocycles. The Morgan fingerprint density at radius 2 is 1.35 bits per heavy atom. The molecule has 2 heterocycles. The molecule has 2 nitrogen and oxygen atoms in total. The maximum absolute atomic E-state index is 13.3. The Morgan fingerprint density at radius 3 is 2.06 bits per heavy atom. The Balaban J connectivity index is 0.000000188. The number of benzene rings is 3. The zero-order valence-corrected chi connectivity index (χ0v) is 20.1. The van der Waals surface area contributed by atoms with Crippen LogP contribution in [0.4, 0.5) is 13.2 Å². The molecule has 0 spiro atoms. The molecule has 1 radical (unpaired) electrons. The van der Waals surface area contributed by atoms with Gasteiger partial charge in [-0.1, -0.05) is 54.1 Å². The van der Waals surface area contributed by atoms with Gasteiger partial charge in [-0.3, -0.25) is 8.78 Å². The summed E-state index contributed by atoms with van der Waals surface area (Å²) in [6.45, 7) is 0. The molecule has 0 unspecified atom stereocenters. The molecular weight excluding hydrogens is 614 g/mol. The van der Waals surface area contributed by atoms with E-state index in [1.54, 1.807) is 12.1 Å². The van der Waals surface area contributed by atoms with Gasteiger partial charge in [-0.15, -0.1) is 48.0 Å². The summed E-state index contributed by atoms with van der Waals surface area (Å²) in [4.78, 5) is 8.22. The van der Waals surface area contributed by atoms with Crippen LogP contribution in [0.15, 0.2) is 103 Å². The second-order valence-corrected chi connectivity index (χ2v) is 6.93. The minimum absolute atomic E-state index is 0. The van der Waals surface area contributed by atoms with Crippen LogP contribution in [0.3, 0.4) is 0 Å². The van der Waals surface area contributed by atoms with E-state index in [-0.39, 0.29) is 31.4 Å². The summed E-state index contributed by atoms with van der Waals surface area (Å²) < 4.78 is 38.7. The number of aromatic nitrogens is 2. The van der Waals surface area contributed by atoms with Gasteiger partial charge in [0.25, 0.3) is 0 Å². The summed E-state index contributed by atoms with van der Waals surface area (Å²) in [5, 5.41) is 0. The zero-order valence-electron chi connectivity index (χ0n) is 17.7. The number of pyridine rings is 2. The Labute approximate surface area is 209 Å². The molecule has 0 saturated heterocycles. The quantitative estimate of drug-likeness (QED) is 0.156. The fourth-order valence-electron chi connectivity index (χ4n) is 3.11. The summed E-state index contributed by atoms with van der Waals surface area (Å²) >= 11 is 0. The topological polar surface area (TPSA) is 25.8 Å². The van der Waals surface area contributed by atoms with Gasteiger partial charge in [0.1, 0.15) is 5.82 Å². The third-order valence-corrected chi connectivity index (χ3v) is 4.74. The van der Waals surface area contributed by atoms with E-state index in [4.69, 9.17) is 0 Å². The van der Waals surface area contributed by atoms with Crippen molar-refractivity contribution < 1.29 is 33.3 Å². The van der Waals surface area contributed by atoms with Crippen molar-refractivity contribution in [3.63, 3.8) is 0 Å². The van der Waals surface area contributed by atoms with E-state index in [0.717, 1.165) is 17.3 Å². The second kappa shape index (κ2) is 12.0. The van der Waals surface area contributed by atoms with Gasteiger partial charge >= 0.3 is 0 Å². The first kappa shape index (κ1) is 25.0. The summed E-state index contributed by atoms with van der Waals surface area (Å²) in [7, 11) is 0. The normalized spacial score (nSPS) is 9.97. The zero-order chi connectivity index (χ0) is 23.0. The minimum atomic E-state index is -1.51. The van der Waals surface area contributed by atoms with Crippen molar-refractivity contribution >= 4 is 0 Å². The van der Waals surface area contributed by atoms with E-state index in [1.807, 2.05) is 54.7 Å². The number of halogens is 3. The van der Waals surface area contributed by atoms with Crippen molar-refractivity contribution in [2.75, 3.05) is 0 Å². The van der Waals surface area contributed by atoms with Crippen molar-refractivity contribution in [1.82, 2.24) is 9.97 Å². The monoisotopic (exact) mass is 631 g/mol. The van der Waals surface area contributed by atoms with Gasteiger partial charge in [0, 0.05) is 32.5 Å². The van der Waals surface area contributed by atoms with Gasteiger partial charge in [-0.2, -0.15) is 0 Å². The largest absolute Gasteiger partial charge is 0.305 e. The molecule has 34 heavy (non-hydrogen) atoms. The average molecular weight is 631 g/mol. The summed E-state index contributed by atoms with van der Waals surface area (Å²) in [5.41, 5.74) is 4.41. The summed E-state index contributed by atoms with van der Waals surface area (Å²) in [6.07, 6.45) is 3.28. The van der Waals surface area contributed by atoms with Crippen LogP contribution < -0.4 is 0 Å². The Kier molecular flexibility index (Phi) is 8.86. The smallest absolute Gasteiger partial charge is 0.111 e. The number of rotatable bonds is 3. The maximum Gasteiger partial charge on any atom is 0.111 e. The SMILES string of the molecule is Fc1c[c-]c(-c2ccccn2)c(F)c1F.[Ir].[c-]1ccccc1-c1cc(-c2ccccc2)ccn1. The van der Waals surface area contributed by atoms with Crippen LogP contribution in [0.2, 0.25) is 0 Å². The van der Waals surface area contributed by atoms with Crippen molar-refractivity contribution in [3.05, 3.63) is 133 Å². The standard InChI is InChI=1S/C17H12N.C11H5F3N.Ir/c1-3-7-14(8-4-1)16-11-12-18-17(13-16)15-9-5-2-6-10-15;12-8-5-4-7(10(13)11(8)14)9-3-1-2-6-15-9;/h1-9,11-13H;1-3,5-6H;/q2*-1;. The van der Waals surface area contributed by atoms with Crippen LogP contribution in [-0.2, 0) is 20.1 Å². The van der Waals surface area contributed by atoms with Crippen LogP contribution >= 0.6 is 0 Å². The molecule has 0 aliphatic heterocycles. The molecule has 6 heteroatoms. The Bertz CT molecular complexity index is 1280. The number of hydrogen-bond donors (Lipinski definition) is 0.